The number of hydrogen-bond donors (Lipinski definition) is 1. The fourth-order valence-corrected chi connectivity index (χ4v) is 2.24. The van der Waals surface area contributed by atoms with Crippen LogP contribution in [0.4, 0.5) is 4.79 Å². The van der Waals surface area contributed by atoms with E-state index in [4.69, 9.17) is 14.2 Å². The van der Waals surface area contributed by atoms with Crippen LogP contribution < -0.4 is 10.1 Å². The highest BCUT2D eigenvalue weighted by Gasteiger charge is 2.25. The summed E-state index contributed by atoms with van der Waals surface area (Å²) in [6, 6.07) is 6.71. The first-order valence-electron chi connectivity index (χ1n) is 8.56. The van der Waals surface area contributed by atoms with Crippen LogP contribution in [-0.2, 0) is 20.7 Å². The molecule has 1 atom stereocenters. The topological polar surface area (TPSA) is 73.9 Å². The van der Waals surface area contributed by atoms with Crippen molar-refractivity contribution in [1.29, 1.82) is 0 Å². The second-order valence-electron chi connectivity index (χ2n) is 7.32. The lowest BCUT2D eigenvalue weighted by Gasteiger charge is -2.22. The van der Waals surface area contributed by atoms with Gasteiger partial charge in [-0.1, -0.05) is 12.1 Å². The average Bonchev–Trinajstić information content (AvgIpc) is 3.35. The summed E-state index contributed by atoms with van der Waals surface area (Å²) in [6.45, 7) is 6.05. The summed E-state index contributed by atoms with van der Waals surface area (Å²) in [7, 11) is 1.29. The zero-order valence-corrected chi connectivity index (χ0v) is 15.3. The second kappa shape index (κ2) is 8.23. The van der Waals surface area contributed by atoms with Gasteiger partial charge in [0, 0.05) is 6.42 Å². The molecular formula is C19H27NO5. The van der Waals surface area contributed by atoms with Crippen LogP contribution >= 0.6 is 0 Å². The highest BCUT2D eigenvalue weighted by molar-refractivity contribution is 5.81. The normalized spacial score (nSPS) is 15.2. The fraction of sp³-hybridized carbons (Fsp3) is 0.579. The molecule has 1 aromatic carbocycles. The lowest BCUT2D eigenvalue weighted by Crippen LogP contribution is -2.45. The summed E-state index contributed by atoms with van der Waals surface area (Å²) in [4.78, 5) is 23.9. The number of alkyl carbamates (subject to hydrolysis) is 1. The molecule has 0 saturated heterocycles. The van der Waals surface area contributed by atoms with Crippen LogP contribution in [0, 0.1) is 5.92 Å². The average molecular weight is 349 g/mol. The second-order valence-corrected chi connectivity index (χ2v) is 7.32. The molecule has 0 heterocycles. The van der Waals surface area contributed by atoms with Crippen LogP contribution in [0.2, 0.25) is 0 Å². The maximum absolute atomic E-state index is 12.0. The highest BCUT2D eigenvalue weighted by Crippen LogP contribution is 2.29. The molecule has 138 valence electrons. The Bertz CT molecular complexity index is 587. The Morgan fingerprint density at radius 2 is 1.84 bits per heavy atom. The zero-order valence-electron chi connectivity index (χ0n) is 15.3. The van der Waals surface area contributed by atoms with E-state index < -0.39 is 23.7 Å². The van der Waals surface area contributed by atoms with Gasteiger partial charge in [-0.3, -0.25) is 0 Å². The summed E-state index contributed by atoms with van der Waals surface area (Å²) in [5.74, 6) is 0.992. The maximum atomic E-state index is 12.0. The summed E-state index contributed by atoms with van der Waals surface area (Å²) < 4.78 is 15.7. The molecule has 25 heavy (non-hydrogen) atoms. The van der Waals surface area contributed by atoms with Gasteiger partial charge in [0.05, 0.1) is 13.7 Å². The summed E-state index contributed by atoms with van der Waals surface area (Å²) in [5.41, 5.74) is 0.260. The summed E-state index contributed by atoms with van der Waals surface area (Å²) in [6.07, 6.45) is 2.16. The van der Waals surface area contributed by atoms with Crippen LogP contribution in [0.3, 0.4) is 0 Å². The van der Waals surface area contributed by atoms with E-state index in [0.29, 0.717) is 12.3 Å². The zero-order chi connectivity index (χ0) is 18.4. The van der Waals surface area contributed by atoms with Crippen LogP contribution in [0.15, 0.2) is 24.3 Å². The molecule has 1 aliphatic carbocycles. The molecule has 1 aromatic rings. The van der Waals surface area contributed by atoms with Gasteiger partial charge in [0.25, 0.3) is 0 Å². The molecule has 2 rings (SSSR count). The Morgan fingerprint density at radius 1 is 1.20 bits per heavy atom. The van der Waals surface area contributed by atoms with Gasteiger partial charge in [-0.05, 0) is 57.2 Å². The van der Waals surface area contributed by atoms with Gasteiger partial charge in [-0.25, -0.2) is 9.59 Å². The van der Waals surface area contributed by atoms with Crippen molar-refractivity contribution >= 4 is 12.1 Å². The van der Waals surface area contributed by atoms with Crippen molar-refractivity contribution in [2.75, 3.05) is 13.7 Å². The lowest BCUT2D eigenvalue weighted by atomic mass is 10.1. The first kappa shape index (κ1) is 19.1. The van der Waals surface area contributed by atoms with Gasteiger partial charge in [-0.15, -0.1) is 0 Å². The number of rotatable bonds is 7. The van der Waals surface area contributed by atoms with Crippen molar-refractivity contribution in [3.63, 3.8) is 0 Å². The molecule has 1 unspecified atom stereocenters. The number of benzene rings is 1. The van der Waals surface area contributed by atoms with Gasteiger partial charge in [0.2, 0.25) is 0 Å². The third kappa shape index (κ3) is 7.03. The molecule has 0 bridgehead atoms. The number of amides is 1. The van der Waals surface area contributed by atoms with Crippen LogP contribution in [0.1, 0.15) is 39.2 Å². The van der Waals surface area contributed by atoms with Crippen molar-refractivity contribution in [3.8, 4) is 5.75 Å². The highest BCUT2D eigenvalue weighted by atomic mass is 16.6. The Balaban J connectivity index is 1.93. The van der Waals surface area contributed by atoms with Crippen LogP contribution in [0.25, 0.3) is 0 Å². The van der Waals surface area contributed by atoms with Gasteiger partial charge < -0.3 is 19.5 Å². The number of hydrogen-bond acceptors (Lipinski definition) is 5. The number of methoxy groups -OCH3 is 1. The molecule has 1 amide bonds. The number of esters is 1. The number of carbonyl (C=O) groups excluding carboxylic acids is 2. The molecule has 1 aliphatic rings. The van der Waals surface area contributed by atoms with E-state index >= 15 is 0 Å². The number of ether oxygens (including phenoxy) is 3. The maximum Gasteiger partial charge on any atom is 0.408 e. The number of carbonyl (C=O) groups is 2. The smallest absolute Gasteiger partial charge is 0.408 e. The molecule has 0 spiro atoms. The van der Waals surface area contributed by atoms with Crippen LogP contribution in [-0.4, -0.2) is 37.4 Å². The SMILES string of the molecule is COC(=O)C(Cc1ccc(OCC2CC2)cc1)NC(=O)OC(C)(C)C. The fourth-order valence-electron chi connectivity index (χ4n) is 2.24. The Morgan fingerprint density at radius 3 is 2.36 bits per heavy atom. The minimum absolute atomic E-state index is 0.314. The molecule has 0 aliphatic heterocycles. The van der Waals surface area contributed by atoms with E-state index in [2.05, 4.69) is 5.32 Å². The molecule has 6 heteroatoms. The first-order valence-corrected chi connectivity index (χ1v) is 8.56. The standard InChI is InChI=1S/C19H27NO5/c1-19(2,3)25-18(22)20-16(17(21)23-4)11-13-7-9-15(10-8-13)24-12-14-5-6-14/h7-10,14,16H,5-6,11-12H2,1-4H3,(H,20,22). The van der Waals surface area contributed by atoms with Crippen molar-refractivity contribution in [3.05, 3.63) is 29.8 Å². The van der Waals surface area contributed by atoms with Crippen LogP contribution in [0.5, 0.6) is 5.75 Å². The van der Waals surface area contributed by atoms with Crippen molar-refractivity contribution in [2.24, 2.45) is 5.92 Å². The third-order valence-corrected chi connectivity index (χ3v) is 3.72. The van der Waals surface area contributed by atoms with Gasteiger partial charge in [0.15, 0.2) is 0 Å². The third-order valence-electron chi connectivity index (χ3n) is 3.72. The molecule has 1 saturated carbocycles. The predicted octanol–water partition coefficient (Wildman–Crippen LogP) is 3.08. The molecule has 0 aromatic heterocycles. The van der Waals surface area contributed by atoms with Gasteiger partial charge in [-0.2, -0.15) is 0 Å². The van der Waals surface area contributed by atoms with E-state index in [9.17, 15) is 9.59 Å². The quantitative estimate of drug-likeness (QED) is 0.766. The summed E-state index contributed by atoms with van der Waals surface area (Å²) >= 11 is 0. The number of nitrogens with one attached hydrogen (secondary N) is 1. The predicted molar refractivity (Wildman–Crippen MR) is 93.5 cm³/mol. The Labute approximate surface area is 148 Å². The van der Waals surface area contributed by atoms with Gasteiger partial charge in [0.1, 0.15) is 17.4 Å². The largest absolute Gasteiger partial charge is 0.493 e. The Hall–Kier alpha value is -2.24. The minimum Gasteiger partial charge on any atom is -0.493 e. The molecule has 0 radical (unpaired) electrons. The lowest BCUT2D eigenvalue weighted by molar-refractivity contribution is -0.143. The minimum atomic E-state index is -0.807. The van der Waals surface area contributed by atoms with Crippen molar-refractivity contribution < 1.29 is 23.8 Å². The van der Waals surface area contributed by atoms with E-state index in [1.54, 1.807) is 20.8 Å². The molecule has 1 fully saturated rings. The van der Waals surface area contributed by atoms with E-state index in [-0.39, 0.29) is 0 Å². The molecule has 1 N–H and O–H groups in total. The molecule has 6 nitrogen and oxygen atoms in total. The van der Waals surface area contributed by atoms with Crippen molar-refractivity contribution in [1.82, 2.24) is 5.32 Å². The monoisotopic (exact) mass is 349 g/mol. The first-order chi connectivity index (χ1) is 11.8. The van der Waals surface area contributed by atoms with E-state index in [1.807, 2.05) is 24.3 Å². The van der Waals surface area contributed by atoms with Gasteiger partial charge >= 0.3 is 12.1 Å². The Kier molecular flexibility index (Phi) is 6.28. The summed E-state index contributed by atoms with van der Waals surface area (Å²) in [5, 5.41) is 2.57. The van der Waals surface area contributed by atoms with E-state index in [1.165, 1.54) is 20.0 Å². The molecular weight excluding hydrogens is 322 g/mol. The van der Waals surface area contributed by atoms with Crippen molar-refractivity contribution in [2.45, 2.75) is 51.7 Å². The van der Waals surface area contributed by atoms with E-state index in [0.717, 1.165) is 17.9 Å².